The second kappa shape index (κ2) is 10.2. The van der Waals surface area contributed by atoms with Gasteiger partial charge < -0.3 is 14.7 Å². The van der Waals surface area contributed by atoms with Crippen LogP contribution in [0.3, 0.4) is 0 Å². The van der Waals surface area contributed by atoms with Crippen molar-refractivity contribution in [2.24, 2.45) is 0 Å². The number of hydrogen-bond acceptors (Lipinski definition) is 6. The molecule has 3 heterocycles. The van der Waals surface area contributed by atoms with Crippen molar-refractivity contribution >= 4 is 15.9 Å². The molecular weight excluding hydrogens is 452 g/mol. The fourth-order valence-corrected chi connectivity index (χ4v) is 6.90. The summed E-state index contributed by atoms with van der Waals surface area (Å²) in [5, 5.41) is 7.03. The van der Waals surface area contributed by atoms with Crippen LogP contribution in [0.2, 0.25) is 0 Å². The summed E-state index contributed by atoms with van der Waals surface area (Å²) >= 11 is 0. The lowest BCUT2D eigenvalue weighted by Gasteiger charge is -2.39. The summed E-state index contributed by atoms with van der Waals surface area (Å²) in [5.74, 6) is 1.09. The molecule has 2 aromatic rings. The molecule has 0 bridgehead atoms. The number of sulfonamides is 1. The third-order valence-corrected chi connectivity index (χ3v) is 9.17. The maximum atomic E-state index is 13.4. The van der Waals surface area contributed by atoms with Crippen LogP contribution in [0.5, 0.6) is 0 Å². The zero-order chi connectivity index (χ0) is 23.5. The number of rotatable bonds is 9. The SMILES string of the molecule is O=C(N[C@@H]1CCN(S(=O)(=O)CCN2CCCC2)[C@@H](Cc2ccccc2)C1)c1cc(C2CC2)on1. The van der Waals surface area contributed by atoms with Crippen molar-refractivity contribution in [2.75, 3.05) is 31.9 Å². The molecule has 3 fully saturated rings. The quantitative estimate of drug-likeness (QED) is 0.586. The highest BCUT2D eigenvalue weighted by molar-refractivity contribution is 7.89. The molecule has 3 aliphatic rings. The molecule has 0 unspecified atom stereocenters. The highest BCUT2D eigenvalue weighted by Crippen LogP contribution is 2.40. The summed E-state index contributed by atoms with van der Waals surface area (Å²) in [6.45, 7) is 2.98. The normalized spacial score (nSPS) is 24.4. The van der Waals surface area contributed by atoms with E-state index in [0.29, 0.717) is 44.0 Å². The average Bonchev–Trinajstić information content (AvgIpc) is 3.32. The van der Waals surface area contributed by atoms with E-state index in [-0.39, 0.29) is 23.7 Å². The van der Waals surface area contributed by atoms with Gasteiger partial charge in [-0.3, -0.25) is 4.79 Å². The molecule has 2 atom stereocenters. The molecule has 1 N–H and O–H groups in total. The number of carbonyl (C=O) groups excluding carboxylic acids is 1. The summed E-state index contributed by atoms with van der Waals surface area (Å²) in [6.07, 6.45) is 6.27. The van der Waals surface area contributed by atoms with Gasteiger partial charge in [-0.15, -0.1) is 0 Å². The minimum atomic E-state index is -3.39. The van der Waals surface area contributed by atoms with Crippen LogP contribution in [0.1, 0.15) is 66.3 Å². The van der Waals surface area contributed by atoms with Crippen molar-refractivity contribution in [1.29, 1.82) is 0 Å². The maximum absolute atomic E-state index is 13.4. The molecule has 1 aromatic carbocycles. The zero-order valence-electron chi connectivity index (χ0n) is 19.6. The Bertz CT molecular complexity index is 1080. The molecule has 2 aliphatic heterocycles. The highest BCUT2D eigenvalue weighted by atomic mass is 32.2. The zero-order valence-corrected chi connectivity index (χ0v) is 20.4. The monoisotopic (exact) mass is 486 g/mol. The van der Waals surface area contributed by atoms with Gasteiger partial charge in [0.1, 0.15) is 5.76 Å². The van der Waals surface area contributed by atoms with Crippen molar-refractivity contribution in [3.8, 4) is 0 Å². The van der Waals surface area contributed by atoms with E-state index in [1.54, 1.807) is 10.4 Å². The number of aromatic nitrogens is 1. The van der Waals surface area contributed by atoms with E-state index >= 15 is 0 Å². The van der Waals surface area contributed by atoms with E-state index in [1.165, 1.54) is 0 Å². The third kappa shape index (κ3) is 5.70. The molecule has 1 aromatic heterocycles. The smallest absolute Gasteiger partial charge is 0.273 e. The summed E-state index contributed by atoms with van der Waals surface area (Å²) in [4.78, 5) is 15.0. The van der Waals surface area contributed by atoms with Gasteiger partial charge in [-0.1, -0.05) is 35.5 Å². The van der Waals surface area contributed by atoms with Gasteiger partial charge >= 0.3 is 0 Å². The van der Waals surface area contributed by atoms with Gasteiger partial charge in [0.25, 0.3) is 5.91 Å². The Labute approximate surface area is 201 Å². The number of nitrogens with one attached hydrogen (secondary N) is 1. The molecule has 1 amide bonds. The molecule has 5 rings (SSSR count). The second-order valence-electron chi connectivity index (χ2n) is 9.90. The topological polar surface area (TPSA) is 95.8 Å². The number of nitrogens with zero attached hydrogens (tertiary/aromatic N) is 3. The lowest BCUT2D eigenvalue weighted by Crippen LogP contribution is -2.53. The Kier molecular flexibility index (Phi) is 7.04. The lowest BCUT2D eigenvalue weighted by atomic mass is 9.94. The first-order valence-corrected chi connectivity index (χ1v) is 14.1. The van der Waals surface area contributed by atoms with Gasteiger partial charge in [0, 0.05) is 37.2 Å². The number of hydrogen-bond donors (Lipinski definition) is 1. The number of benzene rings is 1. The molecule has 8 nitrogen and oxygen atoms in total. The number of likely N-dealkylation sites (tertiary alicyclic amines) is 1. The van der Waals surface area contributed by atoms with Crippen molar-refractivity contribution in [3.05, 3.63) is 53.4 Å². The first-order chi connectivity index (χ1) is 16.5. The van der Waals surface area contributed by atoms with Crippen LogP contribution in [-0.4, -0.2) is 72.7 Å². The van der Waals surface area contributed by atoms with Gasteiger partial charge in [-0.25, -0.2) is 8.42 Å². The molecule has 1 aliphatic carbocycles. The summed E-state index contributed by atoms with van der Waals surface area (Å²) < 4.78 is 33.7. The predicted octanol–water partition coefficient (Wildman–Crippen LogP) is 2.78. The van der Waals surface area contributed by atoms with Crippen molar-refractivity contribution in [1.82, 2.24) is 19.7 Å². The van der Waals surface area contributed by atoms with Crippen molar-refractivity contribution < 1.29 is 17.7 Å². The minimum Gasteiger partial charge on any atom is -0.360 e. The van der Waals surface area contributed by atoms with E-state index in [4.69, 9.17) is 4.52 Å². The van der Waals surface area contributed by atoms with Gasteiger partial charge in [0.2, 0.25) is 10.0 Å². The number of amides is 1. The molecule has 184 valence electrons. The van der Waals surface area contributed by atoms with E-state index in [9.17, 15) is 13.2 Å². The van der Waals surface area contributed by atoms with Crippen LogP contribution in [-0.2, 0) is 16.4 Å². The molecule has 0 radical (unpaired) electrons. The second-order valence-corrected chi connectivity index (χ2v) is 11.9. The molecule has 9 heteroatoms. The Morgan fingerprint density at radius 3 is 2.59 bits per heavy atom. The number of carbonyl (C=O) groups is 1. The summed E-state index contributed by atoms with van der Waals surface area (Å²) in [5.41, 5.74) is 1.41. The Morgan fingerprint density at radius 2 is 1.85 bits per heavy atom. The van der Waals surface area contributed by atoms with Crippen LogP contribution in [0.15, 0.2) is 40.9 Å². The fraction of sp³-hybridized carbons (Fsp3) is 0.600. The van der Waals surface area contributed by atoms with Gasteiger partial charge in [-0.05, 0) is 63.6 Å². The summed E-state index contributed by atoms with van der Waals surface area (Å²) in [6, 6.07) is 11.4. The van der Waals surface area contributed by atoms with Crippen LogP contribution < -0.4 is 5.32 Å². The summed E-state index contributed by atoms with van der Waals surface area (Å²) in [7, 11) is -3.39. The minimum absolute atomic E-state index is 0.104. The van der Waals surface area contributed by atoms with E-state index in [0.717, 1.165) is 50.1 Å². The average molecular weight is 487 g/mol. The Morgan fingerprint density at radius 1 is 1.09 bits per heavy atom. The lowest BCUT2D eigenvalue weighted by molar-refractivity contribution is 0.0902. The van der Waals surface area contributed by atoms with Gasteiger partial charge in [-0.2, -0.15) is 4.31 Å². The first kappa shape index (κ1) is 23.5. The largest absolute Gasteiger partial charge is 0.360 e. The highest BCUT2D eigenvalue weighted by Gasteiger charge is 2.37. The van der Waals surface area contributed by atoms with Crippen LogP contribution in [0.4, 0.5) is 0 Å². The van der Waals surface area contributed by atoms with E-state index in [2.05, 4.69) is 15.4 Å². The van der Waals surface area contributed by atoms with Gasteiger partial charge in [0.15, 0.2) is 5.69 Å². The van der Waals surface area contributed by atoms with Gasteiger partial charge in [0.05, 0.1) is 5.75 Å². The molecule has 0 spiro atoms. The standard InChI is InChI=1S/C25H34N4O4S/c30-25(23-18-24(33-27-23)20-8-9-20)26-21-10-13-29(22(17-21)16-19-6-2-1-3-7-19)34(31,32)15-14-28-11-4-5-12-28/h1-3,6-7,18,20-22H,4-5,8-17H2,(H,26,30)/t21-,22+/m1/s1. The van der Waals surface area contributed by atoms with E-state index < -0.39 is 10.0 Å². The Balaban J connectivity index is 1.26. The maximum Gasteiger partial charge on any atom is 0.273 e. The predicted molar refractivity (Wildman–Crippen MR) is 129 cm³/mol. The number of piperidine rings is 1. The van der Waals surface area contributed by atoms with Crippen LogP contribution in [0.25, 0.3) is 0 Å². The van der Waals surface area contributed by atoms with Crippen LogP contribution in [0, 0.1) is 0 Å². The fourth-order valence-electron chi connectivity index (χ4n) is 5.18. The molecule has 1 saturated carbocycles. The molecular formula is C25H34N4O4S. The van der Waals surface area contributed by atoms with Crippen molar-refractivity contribution in [3.63, 3.8) is 0 Å². The van der Waals surface area contributed by atoms with Crippen LogP contribution >= 0.6 is 0 Å². The Hall–Kier alpha value is -2.23. The third-order valence-electron chi connectivity index (χ3n) is 7.27. The first-order valence-electron chi connectivity index (χ1n) is 12.5. The molecule has 2 saturated heterocycles. The van der Waals surface area contributed by atoms with Crippen molar-refractivity contribution in [2.45, 2.75) is 62.9 Å². The molecule has 34 heavy (non-hydrogen) atoms. The van der Waals surface area contributed by atoms with E-state index in [1.807, 2.05) is 30.3 Å².